The Morgan fingerprint density at radius 3 is 2.86 bits per heavy atom. The van der Waals surface area contributed by atoms with Crippen molar-refractivity contribution in [3.05, 3.63) is 58.7 Å². The van der Waals surface area contributed by atoms with E-state index >= 15 is 0 Å². The molecule has 2 aromatic heterocycles. The number of aromatic nitrogens is 2. The van der Waals surface area contributed by atoms with Gasteiger partial charge in [-0.2, -0.15) is 0 Å². The van der Waals surface area contributed by atoms with Gasteiger partial charge in [-0.15, -0.1) is 0 Å². The van der Waals surface area contributed by atoms with E-state index in [-0.39, 0.29) is 5.56 Å². The summed E-state index contributed by atoms with van der Waals surface area (Å²) in [5, 5.41) is 0. The van der Waals surface area contributed by atoms with Crippen molar-refractivity contribution in [1.82, 2.24) is 9.55 Å². The second-order valence-corrected chi connectivity index (χ2v) is 5.34. The number of pyridine rings is 2. The number of ether oxygens (including phenoxy) is 2. The highest BCUT2D eigenvalue weighted by Crippen LogP contribution is 2.34. The maximum Gasteiger partial charge on any atom is 0.297 e. The Labute approximate surface area is 122 Å². The number of hydrogen-bond acceptors (Lipinski definition) is 4. The van der Waals surface area contributed by atoms with Crippen molar-refractivity contribution >= 4 is 5.70 Å². The molecule has 0 unspecified atom stereocenters. The predicted molar refractivity (Wildman–Crippen MR) is 79.6 cm³/mol. The van der Waals surface area contributed by atoms with Gasteiger partial charge in [-0.3, -0.25) is 9.36 Å². The third-order valence-corrected chi connectivity index (χ3v) is 3.28. The number of hydrogen-bond donors (Lipinski definition) is 0. The van der Waals surface area contributed by atoms with Crippen LogP contribution >= 0.6 is 0 Å². The normalized spacial score (nSPS) is 15.7. The molecule has 0 aliphatic carbocycles. The van der Waals surface area contributed by atoms with E-state index in [0.717, 1.165) is 11.3 Å². The molecule has 1 aliphatic heterocycles. The van der Waals surface area contributed by atoms with Gasteiger partial charge < -0.3 is 9.47 Å². The number of fused-ring (bicyclic) bond motifs is 1. The summed E-state index contributed by atoms with van der Waals surface area (Å²) in [6.45, 7) is 3.85. The van der Waals surface area contributed by atoms with Crippen molar-refractivity contribution in [2.75, 3.05) is 7.11 Å². The minimum atomic E-state index is -0.542. The Morgan fingerprint density at radius 2 is 2.10 bits per heavy atom. The lowest BCUT2D eigenvalue weighted by Gasteiger charge is -2.30. The molecule has 3 rings (SSSR count). The molecule has 1 aliphatic rings. The molecule has 0 spiro atoms. The van der Waals surface area contributed by atoms with Crippen LogP contribution in [0.1, 0.15) is 19.4 Å². The first-order valence-electron chi connectivity index (χ1n) is 6.65. The summed E-state index contributed by atoms with van der Waals surface area (Å²) in [6, 6.07) is 7.13. The number of rotatable bonds is 2. The molecule has 5 heteroatoms. The maximum atomic E-state index is 12.5. The molecule has 5 nitrogen and oxygen atoms in total. The van der Waals surface area contributed by atoms with E-state index in [1.165, 1.54) is 7.11 Å². The third kappa shape index (κ3) is 2.31. The molecule has 0 N–H and O–H groups in total. The largest absolute Gasteiger partial charge is 0.491 e. The van der Waals surface area contributed by atoms with Crippen LogP contribution in [0.3, 0.4) is 0 Å². The SMILES string of the molecule is COc1cccn(C2=CC(C)(C)Oc3ncccc32)c1=O. The average Bonchev–Trinajstić information content (AvgIpc) is 2.46. The molecule has 0 saturated carbocycles. The van der Waals surface area contributed by atoms with Gasteiger partial charge in [0.15, 0.2) is 5.75 Å². The fourth-order valence-corrected chi connectivity index (χ4v) is 2.37. The van der Waals surface area contributed by atoms with Crippen LogP contribution in [-0.2, 0) is 0 Å². The van der Waals surface area contributed by atoms with Gasteiger partial charge in [0.1, 0.15) is 5.60 Å². The molecule has 3 heterocycles. The van der Waals surface area contributed by atoms with Crippen LogP contribution in [0, 0.1) is 0 Å². The monoisotopic (exact) mass is 284 g/mol. The van der Waals surface area contributed by atoms with Gasteiger partial charge >= 0.3 is 0 Å². The topological polar surface area (TPSA) is 53.4 Å². The van der Waals surface area contributed by atoms with Crippen molar-refractivity contribution < 1.29 is 9.47 Å². The molecule has 2 aromatic rings. The Morgan fingerprint density at radius 1 is 1.29 bits per heavy atom. The molecule has 0 aromatic carbocycles. The van der Waals surface area contributed by atoms with Crippen LogP contribution in [0.4, 0.5) is 0 Å². The molecule has 0 radical (unpaired) electrons. The molecule has 0 fully saturated rings. The van der Waals surface area contributed by atoms with Crippen LogP contribution in [0.5, 0.6) is 11.6 Å². The first-order valence-corrected chi connectivity index (χ1v) is 6.65. The zero-order valence-electron chi connectivity index (χ0n) is 12.2. The lowest BCUT2D eigenvalue weighted by Crippen LogP contribution is -2.32. The fraction of sp³-hybridized carbons (Fsp3) is 0.250. The predicted octanol–water partition coefficient (Wildman–Crippen LogP) is 2.31. The smallest absolute Gasteiger partial charge is 0.297 e. The van der Waals surface area contributed by atoms with Gasteiger partial charge in [-0.1, -0.05) is 0 Å². The molecular weight excluding hydrogens is 268 g/mol. The Kier molecular flexibility index (Phi) is 3.05. The zero-order chi connectivity index (χ0) is 15.0. The molecular formula is C16H16N2O3. The molecule has 0 atom stereocenters. The maximum absolute atomic E-state index is 12.5. The van der Waals surface area contributed by atoms with E-state index in [4.69, 9.17) is 9.47 Å². The quantitative estimate of drug-likeness (QED) is 0.849. The lowest BCUT2D eigenvalue weighted by molar-refractivity contribution is 0.149. The lowest BCUT2D eigenvalue weighted by atomic mass is 10.0. The van der Waals surface area contributed by atoms with Crippen LogP contribution in [0.25, 0.3) is 5.70 Å². The summed E-state index contributed by atoms with van der Waals surface area (Å²) in [5.41, 5.74) is 0.781. The van der Waals surface area contributed by atoms with E-state index < -0.39 is 5.60 Å². The molecule has 0 bridgehead atoms. The van der Waals surface area contributed by atoms with Crippen molar-refractivity contribution in [2.24, 2.45) is 0 Å². The highest BCUT2D eigenvalue weighted by atomic mass is 16.5. The van der Waals surface area contributed by atoms with Gasteiger partial charge in [-0.05, 0) is 44.2 Å². The van der Waals surface area contributed by atoms with E-state index in [0.29, 0.717) is 11.6 Å². The average molecular weight is 284 g/mol. The van der Waals surface area contributed by atoms with Crippen LogP contribution in [0.2, 0.25) is 0 Å². The Bertz CT molecular complexity index is 775. The molecule has 0 amide bonds. The van der Waals surface area contributed by atoms with Crippen molar-refractivity contribution in [3.63, 3.8) is 0 Å². The summed E-state index contributed by atoms with van der Waals surface area (Å²) in [6.07, 6.45) is 5.30. The summed E-state index contributed by atoms with van der Waals surface area (Å²) in [4.78, 5) is 16.7. The van der Waals surface area contributed by atoms with Gasteiger partial charge in [0.05, 0.1) is 18.4 Å². The minimum absolute atomic E-state index is 0.209. The van der Waals surface area contributed by atoms with E-state index in [1.807, 2.05) is 32.1 Å². The van der Waals surface area contributed by atoms with E-state index in [1.54, 1.807) is 29.1 Å². The third-order valence-electron chi connectivity index (χ3n) is 3.28. The second-order valence-electron chi connectivity index (χ2n) is 5.34. The van der Waals surface area contributed by atoms with Crippen molar-refractivity contribution in [2.45, 2.75) is 19.4 Å². The standard InChI is InChI=1S/C16H16N2O3/c1-16(2)10-12(11-6-4-8-17-14(11)21-16)18-9-5-7-13(20-3)15(18)19/h4-10H,1-3H3. The second kappa shape index (κ2) is 4.77. The fourth-order valence-electron chi connectivity index (χ4n) is 2.37. The van der Waals surface area contributed by atoms with Gasteiger partial charge in [0, 0.05) is 12.4 Å². The van der Waals surface area contributed by atoms with Crippen molar-refractivity contribution in [1.29, 1.82) is 0 Å². The van der Waals surface area contributed by atoms with E-state index in [2.05, 4.69) is 4.98 Å². The highest BCUT2D eigenvalue weighted by molar-refractivity contribution is 5.72. The van der Waals surface area contributed by atoms with Gasteiger partial charge in [0.25, 0.3) is 5.56 Å². The highest BCUT2D eigenvalue weighted by Gasteiger charge is 2.28. The Balaban J connectivity index is 2.26. The molecule has 108 valence electrons. The van der Waals surface area contributed by atoms with Crippen LogP contribution in [-0.4, -0.2) is 22.3 Å². The van der Waals surface area contributed by atoms with Crippen molar-refractivity contribution in [3.8, 4) is 11.6 Å². The number of methoxy groups -OCH3 is 1. The summed E-state index contributed by atoms with van der Waals surface area (Å²) in [5.74, 6) is 0.822. The van der Waals surface area contributed by atoms with Crippen LogP contribution < -0.4 is 15.0 Å². The summed E-state index contributed by atoms with van der Waals surface area (Å²) >= 11 is 0. The number of nitrogens with zero attached hydrogens (tertiary/aromatic N) is 2. The first kappa shape index (κ1) is 13.4. The zero-order valence-corrected chi connectivity index (χ0v) is 12.2. The van der Waals surface area contributed by atoms with Gasteiger partial charge in [0.2, 0.25) is 5.88 Å². The minimum Gasteiger partial charge on any atom is -0.491 e. The molecule has 21 heavy (non-hydrogen) atoms. The first-order chi connectivity index (χ1) is 10.0. The van der Waals surface area contributed by atoms with Crippen LogP contribution in [0.15, 0.2) is 47.5 Å². The van der Waals surface area contributed by atoms with Gasteiger partial charge in [-0.25, -0.2) is 4.98 Å². The Hall–Kier alpha value is -2.56. The summed E-state index contributed by atoms with van der Waals surface area (Å²) < 4.78 is 12.5. The summed E-state index contributed by atoms with van der Waals surface area (Å²) in [7, 11) is 1.48. The van der Waals surface area contributed by atoms with E-state index in [9.17, 15) is 4.79 Å². The molecule has 0 saturated heterocycles.